The average molecular weight is 241 g/mol. The molecule has 0 unspecified atom stereocenters. The quantitative estimate of drug-likeness (QED) is 0.744. The Labute approximate surface area is 105 Å². The zero-order valence-electron chi connectivity index (χ0n) is 11.2. The molecule has 1 aliphatic carbocycles. The summed E-state index contributed by atoms with van der Waals surface area (Å²) in [4.78, 5) is 13.5. The largest absolute Gasteiger partial charge is 0.396 e. The fourth-order valence-electron chi connectivity index (χ4n) is 2.64. The predicted octanol–water partition coefficient (Wildman–Crippen LogP) is 2.58. The van der Waals surface area contributed by atoms with Gasteiger partial charge >= 0.3 is 0 Å². The molecule has 1 N–H and O–H groups in total. The van der Waals surface area contributed by atoms with Crippen LogP contribution in [0.1, 0.15) is 57.8 Å². The summed E-state index contributed by atoms with van der Waals surface area (Å²) in [5.41, 5.74) is 0. The number of hydrogen-bond donors (Lipinski definition) is 1. The molecule has 3 nitrogen and oxygen atoms in total. The molecule has 17 heavy (non-hydrogen) atoms. The number of aliphatic hydroxyl groups is 1. The van der Waals surface area contributed by atoms with Gasteiger partial charge in [-0.2, -0.15) is 0 Å². The Morgan fingerprint density at radius 1 is 1.24 bits per heavy atom. The highest BCUT2D eigenvalue weighted by Gasteiger charge is 2.14. The third-order valence-corrected chi connectivity index (χ3v) is 3.81. The first-order valence-corrected chi connectivity index (χ1v) is 7.09. The molecule has 0 atom stereocenters. The van der Waals surface area contributed by atoms with Crippen LogP contribution in [0.4, 0.5) is 0 Å². The van der Waals surface area contributed by atoms with Crippen LogP contribution < -0.4 is 0 Å². The van der Waals surface area contributed by atoms with E-state index in [0.29, 0.717) is 19.4 Å². The van der Waals surface area contributed by atoms with Crippen LogP contribution in [0.5, 0.6) is 0 Å². The molecule has 0 aromatic heterocycles. The van der Waals surface area contributed by atoms with Crippen molar-refractivity contribution >= 4 is 5.91 Å². The minimum atomic E-state index is 0.166. The number of carbonyl (C=O) groups excluding carboxylic acids is 1. The van der Waals surface area contributed by atoms with Gasteiger partial charge in [0.1, 0.15) is 0 Å². The first kappa shape index (κ1) is 14.5. The number of nitrogens with zero attached hydrogens (tertiary/aromatic N) is 1. The van der Waals surface area contributed by atoms with Crippen molar-refractivity contribution in [2.24, 2.45) is 5.92 Å². The summed E-state index contributed by atoms with van der Waals surface area (Å²) >= 11 is 0. The van der Waals surface area contributed by atoms with Crippen molar-refractivity contribution in [1.29, 1.82) is 0 Å². The molecule has 0 bridgehead atoms. The number of amides is 1. The summed E-state index contributed by atoms with van der Waals surface area (Å²) < 4.78 is 0. The highest BCUT2D eigenvalue weighted by molar-refractivity contribution is 5.75. The van der Waals surface area contributed by atoms with E-state index < -0.39 is 0 Å². The van der Waals surface area contributed by atoms with E-state index in [4.69, 9.17) is 5.11 Å². The second-order valence-corrected chi connectivity index (χ2v) is 5.29. The fourth-order valence-corrected chi connectivity index (χ4v) is 2.64. The molecule has 0 heterocycles. The summed E-state index contributed by atoms with van der Waals surface area (Å²) in [6.45, 7) is 0.846. The van der Waals surface area contributed by atoms with Crippen molar-refractivity contribution in [2.75, 3.05) is 20.2 Å². The highest BCUT2D eigenvalue weighted by atomic mass is 16.3. The van der Waals surface area contributed by atoms with E-state index in [1.165, 1.54) is 38.5 Å². The summed E-state index contributed by atoms with van der Waals surface area (Å²) in [7, 11) is 1.83. The lowest BCUT2D eigenvalue weighted by molar-refractivity contribution is -0.130. The van der Waals surface area contributed by atoms with Crippen LogP contribution in [-0.4, -0.2) is 36.1 Å². The third-order valence-electron chi connectivity index (χ3n) is 3.81. The maximum absolute atomic E-state index is 11.7. The van der Waals surface area contributed by atoms with Gasteiger partial charge in [-0.1, -0.05) is 32.1 Å². The van der Waals surface area contributed by atoms with E-state index in [1.807, 2.05) is 7.05 Å². The minimum absolute atomic E-state index is 0.166. The molecule has 0 aliphatic heterocycles. The van der Waals surface area contributed by atoms with Crippen LogP contribution in [0.15, 0.2) is 0 Å². The van der Waals surface area contributed by atoms with Gasteiger partial charge in [0.05, 0.1) is 0 Å². The van der Waals surface area contributed by atoms with E-state index >= 15 is 0 Å². The zero-order valence-corrected chi connectivity index (χ0v) is 11.2. The van der Waals surface area contributed by atoms with Crippen LogP contribution in [0.25, 0.3) is 0 Å². The Hall–Kier alpha value is -0.570. The molecule has 100 valence electrons. The zero-order chi connectivity index (χ0) is 12.5. The molecule has 0 aromatic rings. The van der Waals surface area contributed by atoms with Crippen LogP contribution in [0, 0.1) is 5.92 Å². The number of aliphatic hydroxyl groups excluding tert-OH is 1. The Balaban J connectivity index is 2.06. The van der Waals surface area contributed by atoms with Crippen molar-refractivity contribution in [3.8, 4) is 0 Å². The van der Waals surface area contributed by atoms with Crippen molar-refractivity contribution in [1.82, 2.24) is 4.90 Å². The van der Waals surface area contributed by atoms with Gasteiger partial charge in [0, 0.05) is 26.6 Å². The molecule has 1 saturated carbocycles. The van der Waals surface area contributed by atoms with Gasteiger partial charge in [0.15, 0.2) is 0 Å². The van der Waals surface area contributed by atoms with E-state index in [9.17, 15) is 4.79 Å². The molecule has 1 rings (SSSR count). The van der Waals surface area contributed by atoms with Gasteiger partial charge in [-0.3, -0.25) is 4.79 Å². The molecule has 0 spiro atoms. The van der Waals surface area contributed by atoms with Crippen LogP contribution in [0.2, 0.25) is 0 Å². The van der Waals surface area contributed by atoms with Gasteiger partial charge in [-0.25, -0.2) is 0 Å². The monoisotopic (exact) mass is 241 g/mol. The molecule has 3 heteroatoms. The lowest BCUT2D eigenvalue weighted by Gasteiger charge is -2.22. The summed E-state index contributed by atoms with van der Waals surface area (Å²) in [5, 5.41) is 8.71. The van der Waals surface area contributed by atoms with Gasteiger partial charge in [0.25, 0.3) is 0 Å². The van der Waals surface area contributed by atoms with E-state index in [0.717, 1.165) is 12.3 Å². The van der Waals surface area contributed by atoms with Crippen LogP contribution >= 0.6 is 0 Å². The predicted molar refractivity (Wildman–Crippen MR) is 69.8 cm³/mol. The topological polar surface area (TPSA) is 40.5 Å². The number of hydrogen-bond acceptors (Lipinski definition) is 2. The minimum Gasteiger partial charge on any atom is -0.396 e. The number of rotatable bonds is 7. The van der Waals surface area contributed by atoms with Crippen molar-refractivity contribution < 1.29 is 9.90 Å². The molecule has 1 amide bonds. The number of carbonyl (C=O) groups is 1. The Morgan fingerprint density at radius 2 is 1.94 bits per heavy atom. The molecule has 0 aromatic carbocycles. The lowest BCUT2D eigenvalue weighted by Crippen LogP contribution is -2.28. The summed E-state index contributed by atoms with van der Waals surface area (Å²) in [6, 6.07) is 0. The van der Waals surface area contributed by atoms with Crippen molar-refractivity contribution in [2.45, 2.75) is 57.8 Å². The molecule has 1 fully saturated rings. The highest BCUT2D eigenvalue weighted by Crippen LogP contribution is 2.27. The van der Waals surface area contributed by atoms with Crippen LogP contribution in [-0.2, 0) is 4.79 Å². The van der Waals surface area contributed by atoms with E-state index in [1.54, 1.807) is 4.90 Å². The molecule has 0 saturated heterocycles. The van der Waals surface area contributed by atoms with Crippen molar-refractivity contribution in [3.05, 3.63) is 0 Å². The Morgan fingerprint density at radius 3 is 2.59 bits per heavy atom. The first-order chi connectivity index (χ1) is 8.24. The van der Waals surface area contributed by atoms with Gasteiger partial charge in [-0.15, -0.1) is 0 Å². The smallest absolute Gasteiger partial charge is 0.222 e. The van der Waals surface area contributed by atoms with Gasteiger partial charge in [0.2, 0.25) is 5.91 Å². The van der Waals surface area contributed by atoms with Crippen molar-refractivity contribution in [3.63, 3.8) is 0 Å². The van der Waals surface area contributed by atoms with Crippen LogP contribution in [0.3, 0.4) is 0 Å². The SMILES string of the molecule is CN(CCCO)C(=O)CCCC1CCCCC1. The maximum atomic E-state index is 11.7. The second-order valence-electron chi connectivity index (χ2n) is 5.29. The summed E-state index contributed by atoms with van der Waals surface area (Å²) in [5.74, 6) is 1.11. The summed E-state index contributed by atoms with van der Waals surface area (Å²) in [6.07, 6.45) is 10.5. The Kier molecular flexibility index (Phi) is 7.25. The normalized spacial score (nSPS) is 17.1. The molecule has 1 aliphatic rings. The standard InChI is InChI=1S/C14H27NO2/c1-15(11-6-12-16)14(17)10-5-9-13-7-3-2-4-8-13/h13,16H,2-12H2,1H3. The second kappa shape index (κ2) is 8.51. The van der Waals surface area contributed by atoms with Gasteiger partial charge in [-0.05, 0) is 25.2 Å². The van der Waals surface area contributed by atoms with E-state index in [-0.39, 0.29) is 12.5 Å². The van der Waals surface area contributed by atoms with Gasteiger partial charge < -0.3 is 10.0 Å². The average Bonchev–Trinajstić information content (AvgIpc) is 2.37. The molecular formula is C14H27NO2. The first-order valence-electron chi connectivity index (χ1n) is 7.09. The Bertz CT molecular complexity index is 212. The fraction of sp³-hybridized carbons (Fsp3) is 0.929. The maximum Gasteiger partial charge on any atom is 0.222 e. The van der Waals surface area contributed by atoms with E-state index in [2.05, 4.69) is 0 Å². The lowest BCUT2D eigenvalue weighted by atomic mass is 9.86. The third kappa shape index (κ3) is 6.06. The molecule has 0 radical (unpaired) electrons. The molecular weight excluding hydrogens is 214 g/mol.